The molecule has 0 saturated heterocycles. The molecule has 17 heavy (non-hydrogen) atoms. The predicted molar refractivity (Wildman–Crippen MR) is 80.1 cm³/mol. The van der Waals surface area contributed by atoms with E-state index in [2.05, 4.69) is 71.0 Å². The lowest BCUT2D eigenvalue weighted by atomic mass is 10.1. The second kappa shape index (κ2) is 7.72. The number of anilines is 1. The Morgan fingerprint density at radius 2 is 1.82 bits per heavy atom. The van der Waals surface area contributed by atoms with Crippen LogP contribution in [0.1, 0.15) is 18.9 Å². The van der Waals surface area contributed by atoms with Gasteiger partial charge in [-0.3, -0.25) is 0 Å². The minimum absolute atomic E-state index is 0.924. The van der Waals surface area contributed by atoms with Crippen molar-refractivity contribution in [2.45, 2.75) is 18.7 Å². The van der Waals surface area contributed by atoms with Crippen LogP contribution in [0, 0.1) is 0 Å². The van der Waals surface area contributed by atoms with Gasteiger partial charge in [0.05, 0.1) is 0 Å². The maximum atomic E-state index is 3.56. The summed E-state index contributed by atoms with van der Waals surface area (Å²) in [5.74, 6) is 0. The fraction of sp³-hybridized carbons (Fsp3) is 0.571. The van der Waals surface area contributed by atoms with E-state index in [4.69, 9.17) is 0 Å². The zero-order valence-electron chi connectivity index (χ0n) is 11.1. The fourth-order valence-corrected chi connectivity index (χ4v) is 2.43. The highest BCUT2D eigenvalue weighted by molar-refractivity contribution is 9.08. The van der Waals surface area contributed by atoms with Gasteiger partial charge >= 0.3 is 0 Å². The van der Waals surface area contributed by atoms with Crippen molar-refractivity contribution in [2.75, 3.05) is 38.6 Å². The highest BCUT2D eigenvalue weighted by Gasteiger charge is 2.08. The van der Waals surface area contributed by atoms with Crippen molar-refractivity contribution in [3.8, 4) is 0 Å². The first-order valence-electron chi connectivity index (χ1n) is 6.22. The van der Waals surface area contributed by atoms with Crippen LogP contribution in [-0.2, 0) is 5.33 Å². The lowest BCUT2D eigenvalue weighted by Crippen LogP contribution is -2.27. The summed E-state index contributed by atoms with van der Waals surface area (Å²) in [5.41, 5.74) is 2.74. The number of para-hydroxylation sites is 1. The quantitative estimate of drug-likeness (QED) is 0.712. The maximum absolute atomic E-state index is 3.56. The largest absolute Gasteiger partial charge is 0.372 e. The van der Waals surface area contributed by atoms with Crippen LogP contribution in [0.3, 0.4) is 0 Å². The molecule has 2 nitrogen and oxygen atoms in total. The summed E-state index contributed by atoms with van der Waals surface area (Å²) in [6.45, 7) is 5.56. The van der Waals surface area contributed by atoms with Crippen LogP contribution in [0.2, 0.25) is 0 Å². The number of hydrogen-bond donors (Lipinski definition) is 0. The summed E-state index contributed by atoms with van der Waals surface area (Å²) >= 11 is 3.56. The van der Waals surface area contributed by atoms with E-state index in [1.807, 2.05) is 0 Å². The van der Waals surface area contributed by atoms with Gasteiger partial charge in [-0.2, -0.15) is 0 Å². The maximum Gasteiger partial charge on any atom is 0.0407 e. The van der Waals surface area contributed by atoms with E-state index in [-0.39, 0.29) is 0 Å². The number of rotatable bonds is 7. The Morgan fingerprint density at radius 1 is 1.12 bits per heavy atom. The molecule has 0 amide bonds. The highest BCUT2D eigenvalue weighted by atomic mass is 79.9. The van der Waals surface area contributed by atoms with E-state index in [1.165, 1.54) is 17.7 Å². The Morgan fingerprint density at radius 3 is 2.41 bits per heavy atom. The molecule has 0 spiro atoms. The molecule has 0 radical (unpaired) electrons. The lowest BCUT2D eigenvalue weighted by Gasteiger charge is -2.26. The SMILES string of the molecule is CCN(CCCN(C)C)c1ccccc1CBr. The van der Waals surface area contributed by atoms with Gasteiger partial charge in [0.2, 0.25) is 0 Å². The molecule has 96 valence electrons. The van der Waals surface area contributed by atoms with Gasteiger partial charge in [-0.05, 0) is 45.6 Å². The first-order valence-corrected chi connectivity index (χ1v) is 7.34. The first kappa shape index (κ1) is 14.5. The number of alkyl halides is 1. The van der Waals surface area contributed by atoms with Gasteiger partial charge in [0, 0.05) is 24.1 Å². The minimum Gasteiger partial charge on any atom is -0.372 e. The lowest BCUT2D eigenvalue weighted by molar-refractivity contribution is 0.400. The molecular formula is C14H23BrN2. The molecule has 0 heterocycles. The first-order chi connectivity index (χ1) is 8.19. The molecule has 0 bridgehead atoms. The molecule has 3 heteroatoms. The normalized spacial score (nSPS) is 10.9. The number of nitrogens with zero attached hydrogens (tertiary/aromatic N) is 2. The van der Waals surface area contributed by atoms with E-state index in [9.17, 15) is 0 Å². The fourth-order valence-electron chi connectivity index (χ4n) is 1.96. The van der Waals surface area contributed by atoms with Gasteiger partial charge in [0.15, 0.2) is 0 Å². The zero-order valence-corrected chi connectivity index (χ0v) is 12.7. The number of benzene rings is 1. The average molecular weight is 299 g/mol. The molecule has 0 aliphatic heterocycles. The van der Waals surface area contributed by atoms with Crippen molar-refractivity contribution < 1.29 is 0 Å². The van der Waals surface area contributed by atoms with Crippen molar-refractivity contribution in [2.24, 2.45) is 0 Å². The number of hydrogen-bond acceptors (Lipinski definition) is 2. The molecule has 1 aromatic carbocycles. The summed E-state index contributed by atoms with van der Waals surface area (Å²) < 4.78 is 0. The molecule has 0 saturated carbocycles. The van der Waals surface area contributed by atoms with E-state index in [1.54, 1.807) is 0 Å². The van der Waals surface area contributed by atoms with Gasteiger partial charge in [-0.1, -0.05) is 34.1 Å². The van der Waals surface area contributed by atoms with Crippen LogP contribution in [-0.4, -0.2) is 38.6 Å². The van der Waals surface area contributed by atoms with Crippen molar-refractivity contribution >= 4 is 21.6 Å². The van der Waals surface area contributed by atoms with Crippen LogP contribution >= 0.6 is 15.9 Å². The smallest absolute Gasteiger partial charge is 0.0407 e. The van der Waals surface area contributed by atoms with Crippen molar-refractivity contribution in [3.05, 3.63) is 29.8 Å². The third-order valence-electron chi connectivity index (χ3n) is 2.89. The molecule has 0 aromatic heterocycles. The molecule has 0 unspecified atom stereocenters. The minimum atomic E-state index is 0.924. The third-order valence-corrected chi connectivity index (χ3v) is 3.50. The molecule has 1 rings (SSSR count). The van der Waals surface area contributed by atoms with E-state index in [0.29, 0.717) is 0 Å². The molecule has 0 atom stereocenters. The van der Waals surface area contributed by atoms with Gasteiger partial charge in [0.25, 0.3) is 0 Å². The van der Waals surface area contributed by atoms with Crippen LogP contribution in [0.4, 0.5) is 5.69 Å². The number of halogens is 1. The summed E-state index contributed by atoms with van der Waals surface area (Å²) in [5, 5.41) is 0.924. The van der Waals surface area contributed by atoms with E-state index >= 15 is 0 Å². The Balaban J connectivity index is 2.65. The molecule has 0 aliphatic rings. The Labute approximate surface area is 114 Å². The van der Waals surface area contributed by atoms with Crippen molar-refractivity contribution in [3.63, 3.8) is 0 Å². The van der Waals surface area contributed by atoms with Gasteiger partial charge in [-0.25, -0.2) is 0 Å². The van der Waals surface area contributed by atoms with Crippen LogP contribution < -0.4 is 4.90 Å². The summed E-state index contributed by atoms with van der Waals surface area (Å²) in [6.07, 6.45) is 1.21. The van der Waals surface area contributed by atoms with Crippen LogP contribution in [0.5, 0.6) is 0 Å². The second-order valence-electron chi connectivity index (χ2n) is 4.50. The monoisotopic (exact) mass is 298 g/mol. The molecule has 1 aromatic rings. The van der Waals surface area contributed by atoms with Crippen molar-refractivity contribution in [1.29, 1.82) is 0 Å². The molecule has 0 aliphatic carbocycles. The average Bonchev–Trinajstić information content (AvgIpc) is 2.34. The highest BCUT2D eigenvalue weighted by Crippen LogP contribution is 2.22. The molecular weight excluding hydrogens is 276 g/mol. The van der Waals surface area contributed by atoms with Crippen molar-refractivity contribution in [1.82, 2.24) is 4.90 Å². The summed E-state index contributed by atoms with van der Waals surface area (Å²) in [6, 6.07) is 8.64. The van der Waals surface area contributed by atoms with Crippen LogP contribution in [0.15, 0.2) is 24.3 Å². The van der Waals surface area contributed by atoms with E-state index < -0.39 is 0 Å². The summed E-state index contributed by atoms with van der Waals surface area (Å²) in [4.78, 5) is 4.70. The Bertz CT molecular complexity index is 326. The van der Waals surface area contributed by atoms with Gasteiger partial charge in [-0.15, -0.1) is 0 Å². The summed E-state index contributed by atoms with van der Waals surface area (Å²) in [7, 11) is 4.26. The topological polar surface area (TPSA) is 6.48 Å². The Hall–Kier alpha value is -0.540. The van der Waals surface area contributed by atoms with E-state index in [0.717, 1.165) is 25.0 Å². The second-order valence-corrected chi connectivity index (χ2v) is 5.06. The third kappa shape index (κ3) is 4.68. The standard InChI is InChI=1S/C14H23BrN2/c1-4-17(11-7-10-16(2)3)14-9-6-5-8-13(14)12-15/h5-6,8-9H,4,7,10-12H2,1-3H3. The Kier molecular flexibility index (Phi) is 6.60. The van der Waals surface area contributed by atoms with Crippen LogP contribution in [0.25, 0.3) is 0 Å². The molecule has 0 N–H and O–H groups in total. The predicted octanol–water partition coefficient (Wildman–Crippen LogP) is 3.36. The van der Waals surface area contributed by atoms with Gasteiger partial charge in [0.1, 0.15) is 0 Å². The molecule has 0 fully saturated rings. The zero-order chi connectivity index (χ0) is 12.7. The van der Waals surface area contributed by atoms with Gasteiger partial charge < -0.3 is 9.80 Å².